The number of carbonyl (C=O) groups is 1. The third-order valence-electron chi connectivity index (χ3n) is 7.38. The van der Waals surface area contributed by atoms with E-state index in [1.54, 1.807) is 6.20 Å². The zero-order valence-corrected chi connectivity index (χ0v) is 21.9. The van der Waals surface area contributed by atoms with E-state index in [1.807, 2.05) is 12.1 Å². The van der Waals surface area contributed by atoms with Gasteiger partial charge in [0, 0.05) is 55.9 Å². The normalized spacial score (nSPS) is 18.3. The second-order valence-corrected chi connectivity index (χ2v) is 10.2. The monoisotopic (exact) mass is 529 g/mol. The van der Waals surface area contributed by atoms with Gasteiger partial charge in [0.2, 0.25) is 5.95 Å². The third kappa shape index (κ3) is 5.57. The molecule has 2 aromatic heterocycles. The molecule has 3 N–H and O–H groups in total. The van der Waals surface area contributed by atoms with Crippen molar-refractivity contribution >= 4 is 40.0 Å². The number of rotatable bonds is 7. The first-order valence-electron chi connectivity index (χ1n) is 13.4. The number of nitrogens with zero attached hydrogens (tertiary/aromatic N) is 4. The van der Waals surface area contributed by atoms with E-state index >= 15 is 0 Å². The number of H-pyrrole nitrogens is 1. The molecule has 9 nitrogen and oxygen atoms in total. The summed E-state index contributed by atoms with van der Waals surface area (Å²) < 4.78 is 19.1. The average Bonchev–Trinajstić information content (AvgIpc) is 3.39. The van der Waals surface area contributed by atoms with Gasteiger partial charge < -0.3 is 30.2 Å². The number of anilines is 4. The van der Waals surface area contributed by atoms with Crippen LogP contribution in [-0.2, 0) is 4.74 Å². The van der Waals surface area contributed by atoms with Gasteiger partial charge in [0.1, 0.15) is 17.3 Å². The lowest BCUT2D eigenvalue weighted by atomic mass is 10.0. The quantitative estimate of drug-likeness (QED) is 0.303. The lowest BCUT2D eigenvalue weighted by molar-refractivity contribution is 0.0875. The van der Waals surface area contributed by atoms with Gasteiger partial charge in [-0.2, -0.15) is 9.97 Å². The molecule has 6 rings (SSSR count). The van der Waals surface area contributed by atoms with Gasteiger partial charge in [-0.05, 0) is 68.4 Å². The minimum absolute atomic E-state index is 0.0660. The van der Waals surface area contributed by atoms with Crippen molar-refractivity contribution < 1.29 is 13.9 Å². The molecule has 0 spiro atoms. The summed E-state index contributed by atoms with van der Waals surface area (Å²) in [5.74, 6) is 0.351. The molecule has 2 saturated heterocycles. The fourth-order valence-electron chi connectivity index (χ4n) is 5.13. The van der Waals surface area contributed by atoms with Crippen molar-refractivity contribution in [3.8, 4) is 0 Å². The summed E-state index contributed by atoms with van der Waals surface area (Å²) in [7, 11) is 2.15. The lowest BCUT2D eigenvalue weighted by Gasteiger charge is -2.34. The summed E-state index contributed by atoms with van der Waals surface area (Å²) in [5, 5.41) is 7.41. The number of aromatic amines is 1. The van der Waals surface area contributed by atoms with Crippen LogP contribution in [0, 0.1) is 5.82 Å². The summed E-state index contributed by atoms with van der Waals surface area (Å²) in [5.41, 5.74) is 3.42. The van der Waals surface area contributed by atoms with Crippen LogP contribution < -0.4 is 15.5 Å². The standard InChI is InChI=1S/C29H32FN7O2/c1-36-12-14-37(15-13-36)23-10-8-21(9-11-23)33-29-34-27-25(28(35-29)32-22-3-2-16-39-18-22)24(17-31-27)26(38)19-4-6-20(30)7-5-19/h4-11,17,22H,2-3,12-16,18H2,1H3,(H3,31,32,33,34,35)/t22-/m0/s1. The number of hydrogen-bond donors (Lipinski definition) is 3. The predicted molar refractivity (Wildman–Crippen MR) is 151 cm³/mol. The minimum atomic E-state index is -0.388. The van der Waals surface area contributed by atoms with Gasteiger partial charge in [0.25, 0.3) is 0 Å². The fraction of sp³-hybridized carbons (Fsp3) is 0.345. The van der Waals surface area contributed by atoms with Gasteiger partial charge in [-0.25, -0.2) is 4.39 Å². The highest BCUT2D eigenvalue weighted by molar-refractivity contribution is 6.18. The zero-order valence-electron chi connectivity index (χ0n) is 21.9. The van der Waals surface area contributed by atoms with Crippen molar-refractivity contribution in [3.63, 3.8) is 0 Å². The zero-order chi connectivity index (χ0) is 26.8. The molecule has 0 aliphatic carbocycles. The molecule has 4 heterocycles. The van der Waals surface area contributed by atoms with Gasteiger partial charge >= 0.3 is 0 Å². The van der Waals surface area contributed by atoms with E-state index in [4.69, 9.17) is 9.72 Å². The molecule has 2 aliphatic rings. The van der Waals surface area contributed by atoms with E-state index in [1.165, 1.54) is 30.0 Å². The molecule has 202 valence electrons. The molecule has 0 bridgehead atoms. The highest BCUT2D eigenvalue weighted by atomic mass is 19.1. The molecule has 0 saturated carbocycles. The van der Waals surface area contributed by atoms with Crippen LogP contribution in [0.3, 0.4) is 0 Å². The number of hydrogen-bond acceptors (Lipinski definition) is 8. The Morgan fingerprint density at radius 3 is 2.54 bits per heavy atom. The van der Waals surface area contributed by atoms with Crippen molar-refractivity contribution in [2.24, 2.45) is 0 Å². The summed E-state index contributed by atoms with van der Waals surface area (Å²) in [6, 6.07) is 13.9. The van der Waals surface area contributed by atoms with E-state index in [0.29, 0.717) is 40.5 Å². The van der Waals surface area contributed by atoms with Crippen molar-refractivity contribution in [2.45, 2.75) is 18.9 Å². The molecular weight excluding hydrogens is 497 g/mol. The summed E-state index contributed by atoms with van der Waals surface area (Å²) >= 11 is 0. The minimum Gasteiger partial charge on any atom is -0.379 e. The maximum absolute atomic E-state index is 13.5. The SMILES string of the molecule is CN1CCN(c2ccc(Nc3nc(N[C@H]4CCCOC4)c4c(C(=O)c5ccc(F)cc5)c[nH]c4n3)cc2)CC1. The number of halogens is 1. The molecule has 1 atom stereocenters. The lowest BCUT2D eigenvalue weighted by Crippen LogP contribution is -2.44. The highest BCUT2D eigenvalue weighted by Crippen LogP contribution is 2.30. The molecule has 2 fully saturated rings. The van der Waals surface area contributed by atoms with Crippen molar-refractivity contribution in [1.82, 2.24) is 19.9 Å². The van der Waals surface area contributed by atoms with Crippen molar-refractivity contribution in [2.75, 3.05) is 62.0 Å². The first kappa shape index (κ1) is 25.3. The number of likely N-dealkylation sites (N-methyl/N-ethyl adjacent to an activating group) is 1. The second-order valence-electron chi connectivity index (χ2n) is 10.2. The van der Waals surface area contributed by atoms with Crippen molar-refractivity contribution in [3.05, 3.63) is 71.7 Å². The van der Waals surface area contributed by atoms with Crippen LogP contribution in [0.25, 0.3) is 11.0 Å². The fourth-order valence-corrected chi connectivity index (χ4v) is 5.13. The van der Waals surface area contributed by atoms with Crippen LogP contribution in [-0.4, -0.2) is 78.1 Å². The summed E-state index contributed by atoms with van der Waals surface area (Å²) in [6.45, 7) is 5.43. The Kier molecular flexibility index (Phi) is 7.12. The van der Waals surface area contributed by atoms with E-state index in [0.717, 1.165) is 51.3 Å². The Morgan fingerprint density at radius 1 is 1.05 bits per heavy atom. The van der Waals surface area contributed by atoms with Crippen LogP contribution in [0.4, 0.5) is 27.5 Å². The number of carbonyl (C=O) groups excluding carboxylic acids is 1. The molecule has 0 unspecified atom stereocenters. The highest BCUT2D eigenvalue weighted by Gasteiger charge is 2.23. The smallest absolute Gasteiger partial charge is 0.231 e. The maximum Gasteiger partial charge on any atom is 0.231 e. The van der Waals surface area contributed by atoms with Gasteiger partial charge in [-0.15, -0.1) is 0 Å². The number of aromatic nitrogens is 3. The summed E-state index contributed by atoms with van der Waals surface area (Å²) in [4.78, 5) is 30.7. The first-order valence-corrected chi connectivity index (χ1v) is 13.4. The first-order chi connectivity index (χ1) is 19.0. The molecule has 0 amide bonds. The third-order valence-corrected chi connectivity index (χ3v) is 7.38. The number of benzene rings is 2. The van der Waals surface area contributed by atoms with E-state index < -0.39 is 0 Å². The Morgan fingerprint density at radius 2 is 1.82 bits per heavy atom. The Labute approximate surface area is 226 Å². The number of ether oxygens (including phenoxy) is 1. The number of nitrogens with one attached hydrogen (secondary N) is 3. The molecule has 4 aromatic rings. The largest absolute Gasteiger partial charge is 0.379 e. The molecule has 2 aromatic carbocycles. The Balaban J connectivity index is 1.29. The Bertz CT molecular complexity index is 1440. The maximum atomic E-state index is 13.5. The van der Waals surface area contributed by atoms with Crippen LogP contribution >= 0.6 is 0 Å². The number of ketones is 1. The molecule has 39 heavy (non-hydrogen) atoms. The number of fused-ring (bicyclic) bond motifs is 1. The van der Waals surface area contributed by atoms with Gasteiger partial charge in [-0.1, -0.05) is 0 Å². The van der Waals surface area contributed by atoms with Crippen LogP contribution in [0.1, 0.15) is 28.8 Å². The van der Waals surface area contributed by atoms with Gasteiger partial charge in [0.05, 0.1) is 23.6 Å². The van der Waals surface area contributed by atoms with Gasteiger partial charge in [-0.3, -0.25) is 4.79 Å². The predicted octanol–water partition coefficient (Wildman–Crippen LogP) is 4.41. The van der Waals surface area contributed by atoms with E-state index in [9.17, 15) is 9.18 Å². The van der Waals surface area contributed by atoms with Crippen LogP contribution in [0.2, 0.25) is 0 Å². The van der Waals surface area contributed by atoms with Gasteiger partial charge in [0.15, 0.2) is 5.78 Å². The van der Waals surface area contributed by atoms with E-state index in [2.05, 4.69) is 49.6 Å². The Hall–Kier alpha value is -4.02. The topological polar surface area (TPSA) is 98.4 Å². The van der Waals surface area contributed by atoms with Crippen LogP contribution in [0.15, 0.2) is 54.7 Å². The molecular formula is C29H32FN7O2. The van der Waals surface area contributed by atoms with Crippen LogP contribution in [0.5, 0.6) is 0 Å². The molecule has 0 radical (unpaired) electrons. The molecule has 2 aliphatic heterocycles. The molecule has 10 heteroatoms. The summed E-state index contributed by atoms with van der Waals surface area (Å²) in [6.07, 6.45) is 3.53. The second kappa shape index (κ2) is 11.0. The number of piperazine rings is 1. The van der Waals surface area contributed by atoms with Crippen molar-refractivity contribution in [1.29, 1.82) is 0 Å². The van der Waals surface area contributed by atoms with E-state index in [-0.39, 0.29) is 17.6 Å². The average molecular weight is 530 g/mol.